The predicted molar refractivity (Wildman–Crippen MR) is 77.6 cm³/mol. The van der Waals surface area contributed by atoms with Gasteiger partial charge in [-0.2, -0.15) is 0 Å². The van der Waals surface area contributed by atoms with E-state index >= 15 is 0 Å². The smallest absolute Gasteiger partial charge is 0.258 e. The van der Waals surface area contributed by atoms with E-state index < -0.39 is 12.2 Å². The molecule has 0 radical (unpaired) electrons. The monoisotopic (exact) mass is 290 g/mol. The summed E-state index contributed by atoms with van der Waals surface area (Å²) in [6.45, 7) is 0.596. The third-order valence-electron chi connectivity index (χ3n) is 3.36. The number of anilines is 1. The Morgan fingerprint density at radius 1 is 1.10 bits per heavy atom. The van der Waals surface area contributed by atoms with Crippen molar-refractivity contribution in [3.05, 3.63) is 42.0 Å². The third kappa shape index (κ3) is 3.36. The predicted octanol–water partition coefficient (Wildman–Crippen LogP) is 0.120. The maximum Gasteiger partial charge on any atom is 0.258 e. The minimum atomic E-state index is -1.00. The van der Waals surface area contributed by atoms with Crippen LogP contribution >= 0.6 is 0 Å². The largest absolute Gasteiger partial charge is 0.390 e. The second kappa shape index (κ2) is 6.62. The number of aliphatic hydroxyl groups is 2. The molecule has 3 N–H and O–H groups in total. The van der Waals surface area contributed by atoms with Crippen LogP contribution in [0.15, 0.2) is 36.4 Å². The van der Waals surface area contributed by atoms with E-state index in [0.717, 1.165) is 4.90 Å². The summed E-state index contributed by atoms with van der Waals surface area (Å²) in [7, 11) is 1.77. The van der Waals surface area contributed by atoms with Crippen molar-refractivity contribution in [2.75, 3.05) is 18.5 Å². The lowest BCUT2D eigenvalue weighted by atomic mass is 10.0. The quantitative estimate of drug-likeness (QED) is 0.648. The molecule has 0 aliphatic carbocycles. The van der Waals surface area contributed by atoms with E-state index in [0.29, 0.717) is 24.2 Å². The van der Waals surface area contributed by atoms with Gasteiger partial charge in [-0.25, -0.2) is 4.90 Å². The van der Waals surface area contributed by atoms with Gasteiger partial charge in [-0.15, -0.1) is 0 Å². The molecule has 1 aromatic carbocycles. The zero-order chi connectivity index (χ0) is 15.4. The van der Waals surface area contributed by atoms with Crippen LogP contribution < -0.4 is 10.2 Å². The highest BCUT2D eigenvalue weighted by Gasteiger charge is 2.25. The van der Waals surface area contributed by atoms with Crippen LogP contribution in [0.3, 0.4) is 0 Å². The van der Waals surface area contributed by atoms with Gasteiger partial charge in [-0.1, -0.05) is 12.1 Å². The second-order valence-corrected chi connectivity index (χ2v) is 4.84. The van der Waals surface area contributed by atoms with Crippen LogP contribution in [0.25, 0.3) is 0 Å². The number of carbonyl (C=O) groups is 2. The molecule has 6 nitrogen and oxygen atoms in total. The normalized spacial score (nSPS) is 17.4. The van der Waals surface area contributed by atoms with E-state index in [1.54, 1.807) is 31.3 Å². The highest BCUT2D eigenvalue weighted by Crippen LogP contribution is 2.24. The number of benzene rings is 1. The first kappa shape index (κ1) is 15.4. The molecule has 21 heavy (non-hydrogen) atoms. The Hall–Kier alpha value is -2.02. The van der Waals surface area contributed by atoms with Crippen molar-refractivity contribution < 1.29 is 19.8 Å². The number of imide groups is 1. The van der Waals surface area contributed by atoms with Crippen molar-refractivity contribution in [1.29, 1.82) is 0 Å². The standard InChI is InChI=1S/C15H18N2O4/c1-16-9-8-12(18)15(21)10-2-4-11(5-3-10)17-13(19)6-7-14(17)20/h2-7,12,15-16,18,21H,8-9H2,1H3. The van der Waals surface area contributed by atoms with Crippen molar-refractivity contribution in [2.24, 2.45) is 0 Å². The number of nitrogens with one attached hydrogen (secondary N) is 1. The summed E-state index contributed by atoms with van der Waals surface area (Å²) in [4.78, 5) is 24.2. The van der Waals surface area contributed by atoms with E-state index in [2.05, 4.69) is 5.32 Å². The number of rotatable bonds is 6. The maximum atomic E-state index is 11.6. The Balaban J connectivity index is 2.08. The molecule has 0 aromatic heterocycles. The fraction of sp³-hybridized carbons (Fsp3) is 0.333. The van der Waals surface area contributed by atoms with Gasteiger partial charge in [0.05, 0.1) is 11.8 Å². The fourth-order valence-electron chi connectivity index (χ4n) is 2.15. The summed E-state index contributed by atoms with van der Waals surface area (Å²) in [5.41, 5.74) is 0.977. The molecule has 1 aliphatic rings. The van der Waals surface area contributed by atoms with Crippen LogP contribution in [0.5, 0.6) is 0 Å². The molecule has 0 saturated carbocycles. The summed E-state index contributed by atoms with van der Waals surface area (Å²) in [5.74, 6) is -0.773. The molecule has 0 fully saturated rings. The molecule has 0 saturated heterocycles. The van der Waals surface area contributed by atoms with Crippen molar-refractivity contribution in [3.63, 3.8) is 0 Å². The Bertz CT molecular complexity index is 535. The topological polar surface area (TPSA) is 89.9 Å². The van der Waals surface area contributed by atoms with Gasteiger partial charge in [0.2, 0.25) is 0 Å². The van der Waals surface area contributed by atoms with Crippen molar-refractivity contribution >= 4 is 17.5 Å². The Labute approximate surface area is 122 Å². The maximum absolute atomic E-state index is 11.6. The molecule has 1 aliphatic heterocycles. The van der Waals surface area contributed by atoms with E-state index in [-0.39, 0.29) is 11.8 Å². The van der Waals surface area contributed by atoms with Crippen LogP contribution in [-0.2, 0) is 9.59 Å². The van der Waals surface area contributed by atoms with Crippen LogP contribution in [0, 0.1) is 0 Å². The Kier molecular flexibility index (Phi) is 4.85. The fourth-order valence-corrected chi connectivity index (χ4v) is 2.15. The van der Waals surface area contributed by atoms with Gasteiger partial charge in [-0.3, -0.25) is 9.59 Å². The molecule has 0 spiro atoms. The number of aliphatic hydroxyl groups excluding tert-OH is 2. The molecule has 1 aromatic rings. The molecule has 2 amide bonds. The van der Waals surface area contributed by atoms with Gasteiger partial charge in [-0.05, 0) is 37.7 Å². The molecule has 2 rings (SSSR count). The first-order valence-electron chi connectivity index (χ1n) is 6.71. The molecule has 0 bridgehead atoms. The van der Waals surface area contributed by atoms with Gasteiger partial charge >= 0.3 is 0 Å². The average Bonchev–Trinajstić information content (AvgIpc) is 2.83. The van der Waals surface area contributed by atoms with Gasteiger partial charge in [0.15, 0.2) is 0 Å². The van der Waals surface area contributed by atoms with Gasteiger partial charge in [0, 0.05) is 12.2 Å². The van der Waals surface area contributed by atoms with Crippen LogP contribution in [0.2, 0.25) is 0 Å². The van der Waals surface area contributed by atoms with Crippen molar-refractivity contribution in [2.45, 2.75) is 18.6 Å². The van der Waals surface area contributed by atoms with Gasteiger partial charge in [0.1, 0.15) is 6.10 Å². The number of hydrogen-bond donors (Lipinski definition) is 3. The summed E-state index contributed by atoms with van der Waals surface area (Å²) >= 11 is 0. The van der Waals surface area contributed by atoms with Crippen LogP contribution in [0.4, 0.5) is 5.69 Å². The summed E-state index contributed by atoms with van der Waals surface area (Å²) in [5, 5.41) is 22.8. The molecule has 1 heterocycles. The number of nitrogens with zero attached hydrogens (tertiary/aromatic N) is 1. The second-order valence-electron chi connectivity index (χ2n) is 4.84. The molecule has 2 atom stereocenters. The highest BCUT2D eigenvalue weighted by molar-refractivity contribution is 6.28. The zero-order valence-corrected chi connectivity index (χ0v) is 11.7. The molecule has 2 unspecified atom stereocenters. The Morgan fingerprint density at radius 2 is 1.67 bits per heavy atom. The number of carbonyl (C=O) groups excluding carboxylic acids is 2. The third-order valence-corrected chi connectivity index (χ3v) is 3.36. The first-order valence-corrected chi connectivity index (χ1v) is 6.71. The summed E-state index contributed by atoms with van der Waals surface area (Å²) < 4.78 is 0. The van der Waals surface area contributed by atoms with Gasteiger partial charge < -0.3 is 15.5 Å². The molecular formula is C15H18N2O4. The van der Waals surface area contributed by atoms with Crippen LogP contribution in [0.1, 0.15) is 18.1 Å². The lowest BCUT2D eigenvalue weighted by Gasteiger charge is -2.19. The molecule has 6 heteroatoms. The zero-order valence-electron chi connectivity index (χ0n) is 11.7. The minimum Gasteiger partial charge on any atom is -0.390 e. The SMILES string of the molecule is CNCCC(O)C(O)c1ccc(N2C(=O)C=CC2=O)cc1. The first-order chi connectivity index (χ1) is 10.0. The van der Waals surface area contributed by atoms with E-state index in [4.69, 9.17) is 0 Å². The Morgan fingerprint density at radius 3 is 2.19 bits per heavy atom. The highest BCUT2D eigenvalue weighted by atomic mass is 16.3. The average molecular weight is 290 g/mol. The van der Waals surface area contributed by atoms with Crippen molar-refractivity contribution in [3.8, 4) is 0 Å². The lowest BCUT2D eigenvalue weighted by Crippen LogP contribution is -2.29. The van der Waals surface area contributed by atoms with E-state index in [9.17, 15) is 19.8 Å². The lowest BCUT2D eigenvalue weighted by molar-refractivity contribution is -0.119. The van der Waals surface area contributed by atoms with E-state index in [1.165, 1.54) is 12.2 Å². The summed E-state index contributed by atoms with van der Waals surface area (Å²) in [6.07, 6.45) is 0.974. The number of amides is 2. The van der Waals surface area contributed by atoms with Gasteiger partial charge in [0.25, 0.3) is 11.8 Å². The number of hydrogen-bond acceptors (Lipinski definition) is 5. The minimum absolute atomic E-state index is 0.387. The van der Waals surface area contributed by atoms with E-state index in [1.807, 2.05) is 0 Å². The molecular weight excluding hydrogens is 272 g/mol. The van der Waals surface area contributed by atoms with Crippen molar-refractivity contribution in [1.82, 2.24) is 5.32 Å². The van der Waals surface area contributed by atoms with Crippen LogP contribution in [-0.4, -0.2) is 41.7 Å². The summed E-state index contributed by atoms with van der Waals surface area (Å²) in [6, 6.07) is 6.35. The molecule has 112 valence electrons.